The Morgan fingerprint density at radius 1 is 1.50 bits per heavy atom. The molecule has 1 N–H and O–H groups in total. The Morgan fingerprint density at radius 2 is 2.00 bits per heavy atom. The van der Waals surface area contributed by atoms with Crippen LogP contribution in [0.1, 0.15) is 13.8 Å². The number of hydrogen-bond donors (Lipinski definition) is 1. The molecule has 0 rings (SSSR count). The molecule has 0 saturated heterocycles. The molecule has 62 valence electrons. The lowest BCUT2D eigenvalue weighted by Gasteiger charge is -2.28. The first-order valence-corrected chi connectivity index (χ1v) is 3.46. The van der Waals surface area contributed by atoms with Gasteiger partial charge in [-0.3, -0.25) is 0 Å². The van der Waals surface area contributed by atoms with Crippen LogP contribution in [0, 0.1) is 0 Å². The van der Waals surface area contributed by atoms with Gasteiger partial charge in [0.1, 0.15) is 0 Å². The smallest absolute Gasteiger partial charge is 0.0575 e. The highest BCUT2D eigenvalue weighted by molar-refractivity contribution is 4.76. The van der Waals surface area contributed by atoms with Gasteiger partial charge in [0.15, 0.2) is 0 Å². The lowest BCUT2D eigenvalue weighted by Crippen LogP contribution is -2.45. The van der Waals surface area contributed by atoms with Gasteiger partial charge in [-0.15, -0.1) is 0 Å². The monoisotopic (exact) mass is 146 g/mol. The minimum atomic E-state index is 0.116. The number of hydroxylamine groups is 2. The predicted molar refractivity (Wildman–Crippen MR) is 42.8 cm³/mol. The van der Waals surface area contributed by atoms with Crippen molar-refractivity contribution >= 4 is 0 Å². The van der Waals surface area contributed by atoms with Gasteiger partial charge < -0.3 is 10.2 Å². The van der Waals surface area contributed by atoms with Crippen LogP contribution < -0.4 is 5.32 Å². The zero-order chi connectivity index (χ0) is 8.20. The van der Waals surface area contributed by atoms with Crippen LogP contribution in [0.25, 0.3) is 0 Å². The first-order valence-electron chi connectivity index (χ1n) is 3.46. The summed E-state index contributed by atoms with van der Waals surface area (Å²) in [5.41, 5.74) is 0.116. The molecule has 0 aliphatic rings. The maximum atomic E-state index is 4.98. The van der Waals surface area contributed by atoms with Gasteiger partial charge in [-0.1, -0.05) is 0 Å². The molecule has 0 radical (unpaired) electrons. The van der Waals surface area contributed by atoms with E-state index in [0.717, 1.165) is 6.54 Å². The molecule has 3 heteroatoms. The molecule has 0 aliphatic heterocycles. The fraction of sp³-hybridized carbons (Fsp3) is 1.00. The van der Waals surface area contributed by atoms with Gasteiger partial charge in [-0.25, -0.2) is 0 Å². The molecular weight excluding hydrogens is 128 g/mol. The van der Waals surface area contributed by atoms with E-state index in [1.54, 1.807) is 12.2 Å². The zero-order valence-electron chi connectivity index (χ0n) is 7.56. The molecule has 0 fully saturated rings. The standard InChI is InChI=1S/C7H18N2O/c1-7(2,8-3)6-9(4)10-5/h8H,6H2,1-5H3. The van der Waals surface area contributed by atoms with Crippen molar-refractivity contribution in [1.82, 2.24) is 10.4 Å². The van der Waals surface area contributed by atoms with Crippen molar-refractivity contribution in [3.05, 3.63) is 0 Å². The second kappa shape index (κ2) is 3.91. The Bertz CT molecular complexity index is 93.6. The van der Waals surface area contributed by atoms with E-state index in [1.807, 2.05) is 14.1 Å². The lowest BCUT2D eigenvalue weighted by atomic mass is 10.1. The van der Waals surface area contributed by atoms with Gasteiger partial charge in [0.25, 0.3) is 0 Å². The number of hydrogen-bond acceptors (Lipinski definition) is 3. The minimum Gasteiger partial charge on any atom is -0.313 e. The number of nitrogens with zero attached hydrogens (tertiary/aromatic N) is 1. The van der Waals surface area contributed by atoms with Crippen molar-refractivity contribution in [2.45, 2.75) is 19.4 Å². The Hall–Kier alpha value is -0.120. The average Bonchev–Trinajstić information content (AvgIpc) is 1.87. The van der Waals surface area contributed by atoms with E-state index >= 15 is 0 Å². The van der Waals surface area contributed by atoms with E-state index in [-0.39, 0.29) is 5.54 Å². The fourth-order valence-corrected chi connectivity index (χ4v) is 0.700. The van der Waals surface area contributed by atoms with E-state index in [2.05, 4.69) is 19.2 Å². The Morgan fingerprint density at radius 3 is 2.30 bits per heavy atom. The molecule has 0 aromatic rings. The first kappa shape index (κ1) is 9.88. The summed E-state index contributed by atoms with van der Waals surface area (Å²) >= 11 is 0. The summed E-state index contributed by atoms with van der Waals surface area (Å²) in [7, 11) is 5.54. The highest BCUT2D eigenvalue weighted by atomic mass is 16.7. The molecule has 0 aromatic heterocycles. The zero-order valence-corrected chi connectivity index (χ0v) is 7.56. The molecule has 3 nitrogen and oxygen atoms in total. The molecule has 0 saturated carbocycles. The van der Waals surface area contributed by atoms with Crippen molar-refractivity contribution < 1.29 is 4.84 Å². The van der Waals surface area contributed by atoms with Crippen molar-refractivity contribution in [1.29, 1.82) is 0 Å². The van der Waals surface area contributed by atoms with E-state index < -0.39 is 0 Å². The summed E-state index contributed by atoms with van der Waals surface area (Å²) in [5.74, 6) is 0. The van der Waals surface area contributed by atoms with Gasteiger partial charge in [-0.2, -0.15) is 5.06 Å². The molecule has 0 amide bonds. The van der Waals surface area contributed by atoms with Crippen LogP contribution >= 0.6 is 0 Å². The average molecular weight is 146 g/mol. The summed E-state index contributed by atoms with van der Waals surface area (Å²) in [6, 6.07) is 0. The minimum absolute atomic E-state index is 0.116. The number of nitrogens with one attached hydrogen (secondary N) is 1. The molecule has 10 heavy (non-hydrogen) atoms. The first-order chi connectivity index (χ1) is 4.52. The molecule has 0 heterocycles. The van der Waals surface area contributed by atoms with Crippen LogP contribution in [0.5, 0.6) is 0 Å². The Kier molecular flexibility index (Phi) is 3.86. The third kappa shape index (κ3) is 3.82. The SMILES string of the molecule is CNC(C)(C)CN(C)OC. The van der Waals surface area contributed by atoms with Gasteiger partial charge >= 0.3 is 0 Å². The van der Waals surface area contributed by atoms with Crippen LogP contribution in [0.2, 0.25) is 0 Å². The van der Waals surface area contributed by atoms with Crippen LogP contribution in [0.4, 0.5) is 0 Å². The molecular formula is C7H18N2O. The van der Waals surface area contributed by atoms with Crippen molar-refractivity contribution in [2.24, 2.45) is 0 Å². The molecule has 0 spiro atoms. The summed E-state index contributed by atoms with van der Waals surface area (Å²) in [6.07, 6.45) is 0. The topological polar surface area (TPSA) is 24.5 Å². The maximum absolute atomic E-state index is 4.98. The van der Waals surface area contributed by atoms with E-state index in [0.29, 0.717) is 0 Å². The van der Waals surface area contributed by atoms with Crippen molar-refractivity contribution in [3.63, 3.8) is 0 Å². The molecule has 0 aliphatic carbocycles. The summed E-state index contributed by atoms with van der Waals surface area (Å²) in [4.78, 5) is 4.98. The summed E-state index contributed by atoms with van der Waals surface area (Å²) in [6.45, 7) is 5.13. The predicted octanol–water partition coefficient (Wildman–Crippen LogP) is 0.478. The van der Waals surface area contributed by atoms with Crippen LogP contribution in [-0.2, 0) is 4.84 Å². The van der Waals surface area contributed by atoms with Gasteiger partial charge in [0.2, 0.25) is 0 Å². The maximum Gasteiger partial charge on any atom is 0.0575 e. The molecule has 0 bridgehead atoms. The molecule has 0 unspecified atom stereocenters. The number of likely N-dealkylation sites (N-methyl/N-ethyl adjacent to an activating group) is 2. The van der Waals surface area contributed by atoms with Crippen LogP contribution in [-0.4, -0.2) is 38.4 Å². The quantitative estimate of drug-likeness (QED) is 0.584. The van der Waals surface area contributed by atoms with E-state index in [1.165, 1.54) is 0 Å². The highest BCUT2D eigenvalue weighted by Crippen LogP contribution is 2.02. The summed E-state index contributed by atoms with van der Waals surface area (Å²) in [5, 5.41) is 4.99. The van der Waals surface area contributed by atoms with Gasteiger partial charge in [0.05, 0.1) is 7.11 Å². The van der Waals surface area contributed by atoms with E-state index in [9.17, 15) is 0 Å². The normalized spacial score (nSPS) is 12.6. The fourth-order valence-electron chi connectivity index (χ4n) is 0.700. The van der Waals surface area contributed by atoms with Crippen molar-refractivity contribution in [2.75, 3.05) is 27.7 Å². The number of rotatable bonds is 4. The lowest BCUT2D eigenvalue weighted by molar-refractivity contribution is -0.120. The highest BCUT2D eigenvalue weighted by Gasteiger charge is 2.16. The largest absolute Gasteiger partial charge is 0.313 e. The Labute approximate surface area is 63.3 Å². The Balaban J connectivity index is 3.64. The molecule has 0 aromatic carbocycles. The van der Waals surface area contributed by atoms with Crippen molar-refractivity contribution in [3.8, 4) is 0 Å². The van der Waals surface area contributed by atoms with Gasteiger partial charge in [-0.05, 0) is 20.9 Å². The summed E-state index contributed by atoms with van der Waals surface area (Å²) < 4.78 is 0. The molecule has 0 atom stereocenters. The second-order valence-electron chi connectivity index (χ2n) is 3.10. The van der Waals surface area contributed by atoms with Gasteiger partial charge in [0, 0.05) is 19.1 Å². The van der Waals surface area contributed by atoms with Crippen LogP contribution in [0.15, 0.2) is 0 Å². The second-order valence-corrected chi connectivity index (χ2v) is 3.10. The third-order valence-corrected chi connectivity index (χ3v) is 1.61. The van der Waals surface area contributed by atoms with Crippen LogP contribution in [0.3, 0.4) is 0 Å². The third-order valence-electron chi connectivity index (χ3n) is 1.61. The van der Waals surface area contributed by atoms with E-state index in [4.69, 9.17) is 4.84 Å².